The van der Waals surface area contributed by atoms with E-state index in [1.165, 1.54) is 0 Å². The Morgan fingerprint density at radius 3 is 2.36 bits per heavy atom. The number of benzene rings is 1. The van der Waals surface area contributed by atoms with E-state index in [-0.39, 0.29) is 17.2 Å². The molecule has 7 nitrogen and oxygen atoms in total. The Hall–Kier alpha value is -2.64. The number of carbonyl (C=O) groups excluding carboxylic acids is 2. The van der Waals surface area contributed by atoms with E-state index in [4.69, 9.17) is 21.1 Å². The molecule has 4 rings (SSSR count). The van der Waals surface area contributed by atoms with E-state index in [9.17, 15) is 9.59 Å². The van der Waals surface area contributed by atoms with Crippen molar-refractivity contribution in [1.82, 2.24) is 14.8 Å². The number of aromatic nitrogens is 1. The minimum atomic E-state index is -0.319. The summed E-state index contributed by atoms with van der Waals surface area (Å²) < 4.78 is 11.5. The number of rotatable bonds is 7. The van der Waals surface area contributed by atoms with Crippen LogP contribution in [0.3, 0.4) is 0 Å². The van der Waals surface area contributed by atoms with E-state index >= 15 is 0 Å². The number of hydrogen-bond acceptors (Lipinski definition) is 5. The van der Waals surface area contributed by atoms with Gasteiger partial charge < -0.3 is 19.3 Å². The maximum absolute atomic E-state index is 13.1. The SMILES string of the molecule is O=C(Cc1cccnc1)N1CCC(COc2ccc(Cl)cc2)(CC(=O)N2CCOCC2)CC1. The molecule has 33 heavy (non-hydrogen) atoms. The predicted octanol–water partition coefficient (Wildman–Crippen LogP) is 3.21. The fraction of sp³-hybridized carbons (Fsp3) is 0.480. The number of piperidine rings is 1. The number of nitrogens with zero attached hydrogens (tertiary/aromatic N) is 3. The lowest BCUT2D eigenvalue weighted by molar-refractivity contribution is -0.140. The fourth-order valence-corrected chi connectivity index (χ4v) is 4.53. The van der Waals surface area contributed by atoms with Crippen molar-refractivity contribution in [2.24, 2.45) is 5.41 Å². The van der Waals surface area contributed by atoms with Crippen molar-refractivity contribution in [3.05, 3.63) is 59.4 Å². The van der Waals surface area contributed by atoms with Gasteiger partial charge in [-0.25, -0.2) is 0 Å². The molecule has 0 spiro atoms. The molecule has 3 heterocycles. The Morgan fingerprint density at radius 1 is 1.00 bits per heavy atom. The van der Waals surface area contributed by atoms with E-state index in [1.807, 2.05) is 34.1 Å². The molecule has 2 aliphatic rings. The van der Waals surface area contributed by atoms with E-state index in [2.05, 4.69) is 4.98 Å². The zero-order valence-corrected chi connectivity index (χ0v) is 19.5. The zero-order chi connectivity index (χ0) is 23.1. The van der Waals surface area contributed by atoms with Crippen molar-refractivity contribution >= 4 is 23.4 Å². The Labute approximate surface area is 199 Å². The molecule has 0 aliphatic carbocycles. The molecule has 0 radical (unpaired) electrons. The van der Waals surface area contributed by atoms with E-state index in [0.717, 1.165) is 24.2 Å². The van der Waals surface area contributed by atoms with Crippen LogP contribution in [-0.4, -0.2) is 72.6 Å². The molecule has 1 aromatic carbocycles. The van der Waals surface area contributed by atoms with Crippen LogP contribution in [0.25, 0.3) is 0 Å². The second-order valence-corrected chi connectivity index (χ2v) is 9.27. The van der Waals surface area contributed by atoms with Crippen LogP contribution in [0.4, 0.5) is 0 Å². The summed E-state index contributed by atoms with van der Waals surface area (Å²) in [5, 5.41) is 0.653. The number of hydrogen-bond donors (Lipinski definition) is 0. The smallest absolute Gasteiger partial charge is 0.227 e. The van der Waals surface area contributed by atoms with Crippen LogP contribution in [0, 0.1) is 5.41 Å². The molecule has 2 saturated heterocycles. The maximum Gasteiger partial charge on any atom is 0.227 e. The average Bonchev–Trinajstić information content (AvgIpc) is 2.85. The third-order valence-corrected chi connectivity index (χ3v) is 6.76. The van der Waals surface area contributed by atoms with Crippen molar-refractivity contribution in [2.45, 2.75) is 25.7 Å². The molecule has 0 unspecified atom stereocenters. The number of halogens is 1. The second-order valence-electron chi connectivity index (χ2n) is 8.83. The Morgan fingerprint density at radius 2 is 1.70 bits per heavy atom. The summed E-state index contributed by atoms with van der Waals surface area (Å²) in [6, 6.07) is 11.0. The van der Waals surface area contributed by atoms with Crippen LogP contribution in [0.15, 0.2) is 48.8 Å². The van der Waals surface area contributed by atoms with E-state index in [0.29, 0.717) is 63.9 Å². The quantitative estimate of drug-likeness (QED) is 0.620. The minimum Gasteiger partial charge on any atom is -0.493 e. The standard InChI is InChI=1S/C25H30ClN3O4/c26-21-3-5-22(6-4-21)33-19-25(17-24(31)29-12-14-32-15-13-29)7-10-28(11-8-25)23(30)16-20-2-1-9-27-18-20/h1-6,9,18H,7-8,10-17,19H2. The van der Waals surface area contributed by atoms with Crippen LogP contribution in [-0.2, 0) is 20.7 Å². The van der Waals surface area contributed by atoms with Gasteiger partial charge in [-0.05, 0) is 48.7 Å². The first kappa shape index (κ1) is 23.5. The third-order valence-electron chi connectivity index (χ3n) is 6.50. The van der Waals surface area contributed by atoms with Gasteiger partial charge in [-0.15, -0.1) is 0 Å². The summed E-state index contributed by atoms with van der Waals surface area (Å²) in [5.41, 5.74) is 0.591. The number of carbonyl (C=O) groups is 2. The third kappa shape index (κ3) is 6.45. The van der Waals surface area contributed by atoms with Crippen LogP contribution in [0.5, 0.6) is 5.75 Å². The van der Waals surface area contributed by atoms with Crippen LogP contribution >= 0.6 is 11.6 Å². The van der Waals surface area contributed by atoms with Crippen molar-refractivity contribution in [3.63, 3.8) is 0 Å². The number of amides is 2. The Kier molecular flexibility index (Phi) is 7.83. The van der Waals surface area contributed by atoms with Gasteiger partial charge in [0.25, 0.3) is 0 Å². The highest BCUT2D eigenvalue weighted by Gasteiger charge is 2.39. The molecule has 0 saturated carbocycles. The first-order chi connectivity index (χ1) is 16.0. The molecule has 2 aliphatic heterocycles. The second kappa shape index (κ2) is 11.0. The highest BCUT2D eigenvalue weighted by atomic mass is 35.5. The van der Waals surface area contributed by atoms with E-state index < -0.39 is 0 Å². The topological polar surface area (TPSA) is 72.0 Å². The largest absolute Gasteiger partial charge is 0.493 e. The highest BCUT2D eigenvalue weighted by molar-refractivity contribution is 6.30. The number of likely N-dealkylation sites (tertiary alicyclic amines) is 1. The fourth-order valence-electron chi connectivity index (χ4n) is 4.40. The van der Waals surface area contributed by atoms with Gasteiger partial charge in [-0.3, -0.25) is 14.6 Å². The lowest BCUT2D eigenvalue weighted by atomic mass is 9.75. The van der Waals surface area contributed by atoms with Gasteiger partial charge in [0.1, 0.15) is 5.75 Å². The monoisotopic (exact) mass is 471 g/mol. The molecule has 0 N–H and O–H groups in total. The van der Waals surface area contributed by atoms with E-state index in [1.54, 1.807) is 24.5 Å². The van der Waals surface area contributed by atoms with Crippen molar-refractivity contribution in [1.29, 1.82) is 0 Å². The van der Waals surface area contributed by atoms with Crippen LogP contribution in [0.2, 0.25) is 5.02 Å². The number of ether oxygens (including phenoxy) is 2. The summed E-state index contributed by atoms with van der Waals surface area (Å²) in [5.74, 6) is 0.954. The van der Waals surface area contributed by atoms with Crippen LogP contribution in [0.1, 0.15) is 24.8 Å². The molecular formula is C25H30ClN3O4. The molecular weight excluding hydrogens is 442 g/mol. The lowest BCUT2D eigenvalue weighted by Crippen LogP contribution is -2.49. The zero-order valence-electron chi connectivity index (χ0n) is 18.7. The Bertz CT molecular complexity index is 924. The highest BCUT2D eigenvalue weighted by Crippen LogP contribution is 2.37. The summed E-state index contributed by atoms with van der Waals surface area (Å²) in [4.78, 5) is 33.8. The minimum absolute atomic E-state index is 0.0923. The van der Waals surface area contributed by atoms with Crippen LogP contribution < -0.4 is 4.74 Å². The van der Waals surface area contributed by atoms with Gasteiger partial charge in [0.05, 0.1) is 26.2 Å². The van der Waals surface area contributed by atoms with Gasteiger partial charge in [-0.2, -0.15) is 0 Å². The normalized spacial score (nSPS) is 18.1. The van der Waals surface area contributed by atoms with Gasteiger partial charge in [0, 0.05) is 55.4 Å². The summed E-state index contributed by atoms with van der Waals surface area (Å²) in [6.45, 7) is 4.06. The van der Waals surface area contributed by atoms with Gasteiger partial charge in [0.15, 0.2) is 0 Å². The predicted molar refractivity (Wildman–Crippen MR) is 125 cm³/mol. The molecule has 0 bridgehead atoms. The molecule has 0 atom stereocenters. The summed E-state index contributed by atoms with van der Waals surface area (Å²) in [6.07, 6.45) is 5.62. The van der Waals surface area contributed by atoms with Gasteiger partial charge in [0.2, 0.25) is 11.8 Å². The maximum atomic E-state index is 13.1. The molecule has 2 fully saturated rings. The molecule has 1 aromatic heterocycles. The first-order valence-electron chi connectivity index (χ1n) is 11.4. The number of morpholine rings is 1. The first-order valence-corrected chi connectivity index (χ1v) is 11.8. The van der Waals surface area contributed by atoms with Crippen molar-refractivity contribution in [2.75, 3.05) is 46.0 Å². The average molecular weight is 472 g/mol. The molecule has 8 heteroatoms. The van der Waals surface area contributed by atoms with Gasteiger partial charge >= 0.3 is 0 Å². The summed E-state index contributed by atoms with van der Waals surface area (Å²) in [7, 11) is 0. The lowest BCUT2D eigenvalue weighted by Gasteiger charge is -2.42. The molecule has 176 valence electrons. The summed E-state index contributed by atoms with van der Waals surface area (Å²) >= 11 is 5.99. The van der Waals surface area contributed by atoms with Crippen molar-refractivity contribution in [3.8, 4) is 5.75 Å². The molecule has 2 aromatic rings. The number of pyridine rings is 1. The molecule has 2 amide bonds. The van der Waals surface area contributed by atoms with Crippen molar-refractivity contribution < 1.29 is 19.1 Å². The Balaban J connectivity index is 1.40. The van der Waals surface area contributed by atoms with Gasteiger partial charge in [-0.1, -0.05) is 17.7 Å².